The van der Waals surface area contributed by atoms with Crippen LogP contribution in [0, 0.1) is 5.82 Å². The summed E-state index contributed by atoms with van der Waals surface area (Å²) in [4.78, 5) is 14.2. The topological polar surface area (TPSA) is 60.3 Å². The van der Waals surface area contributed by atoms with Gasteiger partial charge in [-0.25, -0.2) is 4.39 Å². The zero-order valence-corrected chi connectivity index (χ0v) is 13.7. The van der Waals surface area contributed by atoms with Gasteiger partial charge < -0.3 is 14.2 Å². The fourth-order valence-corrected chi connectivity index (χ4v) is 3.10. The van der Waals surface area contributed by atoms with E-state index < -0.39 is 0 Å². The largest absolute Gasteiger partial charge is 0.384 e. The Balaban J connectivity index is 1.62. The van der Waals surface area contributed by atoms with Crippen molar-refractivity contribution in [1.29, 1.82) is 0 Å². The molecule has 7 heteroatoms. The van der Waals surface area contributed by atoms with Gasteiger partial charge in [-0.05, 0) is 31.0 Å². The number of rotatable bonds is 5. The smallest absolute Gasteiger partial charge is 0.253 e. The van der Waals surface area contributed by atoms with Gasteiger partial charge in [0.25, 0.3) is 5.91 Å². The minimum Gasteiger partial charge on any atom is -0.384 e. The van der Waals surface area contributed by atoms with Crippen LogP contribution in [-0.4, -0.2) is 52.4 Å². The highest BCUT2D eigenvalue weighted by Gasteiger charge is 2.26. The third kappa shape index (κ3) is 3.62. The zero-order valence-electron chi connectivity index (χ0n) is 13.7. The molecule has 24 heavy (non-hydrogen) atoms. The first-order chi connectivity index (χ1) is 11.7. The summed E-state index contributed by atoms with van der Waals surface area (Å²) in [7, 11) is 1.66. The summed E-state index contributed by atoms with van der Waals surface area (Å²) >= 11 is 0. The van der Waals surface area contributed by atoms with Crippen LogP contribution in [0.3, 0.4) is 0 Å². The number of aromatic nitrogens is 3. The zero-order chi connectivity index (χ0) is 16.9. The van der Waals surface area contributed by atoms with Crippen LogP contribution in [0.2, 0.25) is 0 Å². The fourth-order valence-electron chi connectivity index (χ4n) is 3.10. The maximum atomic E-state index is 13.3. The Labute approximate surface area is 140 Å². The van der Waals surface area contributed by atoms with E-state index in [4.69, 9.17) is 4.74 Å². The highest BCUT2D eigenvalue weighted by molar-refractivity contribution is 5.94. The number of piperidine rings is 1. The summed E-state index contributed by atoms with van der Waals surface area (Å²) in [6.07, 6.45) is 4.14. The molecule has 1 aromatic carbocycles. The number of benzene rings is 1. The van der Waals surface area contributed by atoms with E-state index >= 15 is 0 Å². The molecular weight excluding hydrogens is 311 g/mol. The van der Waals surface area contributed by atoms with Gasteiger partial charge in [-0.2, -0.15) is 0 Å². The number of carbonyl (C=O) groups is 1. The van der Waals surface area contributed by atoms with Crippen molar-refractivity contribution in [2.75, 3.05) is 26.8 Å². The second-order valence-corrected chi connectivity index (χ2v) is 5.93. The van der Waals surface area contributed by atoms with Crippen molar-refractivity contribution in [3.05, 3.63) is 47.8 Å². The maximum absolute atomic E-state index is 13.3. The van der Waals surface area contributed by atoms with E-state index in [1.165, 1.54) is 12.1 Å². The van der Waals surface area contributed by atoms with Crippen LogP contribution in [-0.2, 0) is 11.2 Å². The van der Waals surface area contributed by atoms with Crippen LogP contribution in [0.15, 0.2) is 30.6 Å². The normalized spacial score (nSPS) is 15.7. The standard InChI is InChI=1S/C17H21FN4O2/c1-24-10-7-16-20-19-12-22(16)15-5-8-21(9-6-15)17(23)13-3-2-4-14(18)11-13/h2-4,11-12,15H,5-10H2,1H3. The van der Waals surface area contributed by atoms with Crippen molar-refractivity contribution in [3.8, 4) is 0 Å². The Morgan fingerprint density at radius 1 is 1.38 bits per heavy atom. The molecular formula is C17H21FN4O2. The number of carbonyl (C=O) groups excluding carboxylic acids is 1. The molecule has 1 aliphatic rings. The molecule has 1 aromatic heterocycles. The van der Waals surface area contributed by atoms with E-state index in [0.29, 0.717) is 25.3 Å². The van der Waals surface area contributed by atoms with Crippen molar-refractivity contribution < 1.29 is 13.9 Å². The molecule has 1 saturated heterocycles. The van der Waals surface area contributed by atoms with E-state index in [-0.39, 0.29) is 17.8 Å². The summed E-state index contributed by atoms with van der Waals surface area (Å²) in [6.45, 7) is 1.89. The van der Waals surface area contributed by atoms with Crippen LogP contribution in [0.5, 0.6) is 0 Å². The summed E-state index contributed by atoms with van der Waals surface area (Å²) in [5.41, 5.74) is 0.401. The third-order valence-corrected chi connectivity index (χ3v) is 4.39. The van der Waals surface area contributed by atoms with Crippen molar-refractivity contribution in [3.63, 3.8) is 0 Å². The van der Waals surface area contributed by atoms with Gasteiger partial charge in [0.15, 0.2) is 0 Å². The summed E-state index contributed by atoms with van der Waals surface area (Å²) < 4.78 is 20.5. The molecule has 0 unspecified atom stereocenters. The molecule has 2 aromatic rings. The number of halogens is 1. The molecule has 1 amide bonds. The fraction of sp³-hybridized carbons (Fsp3) is 0.471. The Kier molecular flexibility index (Phi) is 5.20. The highest BCUT2D eigenvalue weighted by Crippen LogP contribution is 2.24. The molecule has 3 rings (SSSR count). The van der Waals surface area contributed by atoms with Gasteiger partial charge in [-0.15, -0.1) is 10.2 Å². The SMILES string of the molecule is COCCc1nncn1C1CCN(C(=O)c2cccc(F)c2)CC1. The van der Waals surface area contributed by atoms with Gasteiger partial charge in [-0.3, -0.25) is 4.79 Å². The second-order valence-electron chi connectivity index (χ2n) is 5.93. The molecule has 0 radical (unpaired) electrons. The van der Waals surface area contributed by atoms with E-state index in [1.807, 2.05) is 0 Å². The van der Waals surface area contributed by atoms with Crippen molar-refractivity contribution in [2.24, 2.45) is 0 Å². The molecule has 0 saturated carbocycles. The predicted molar refractivity (Wildman–Crippen MR) is 86.2 cm³/mol. The first-order valence-electron chi connectivity index (χ1n) is 8.11. The molecule has 0 N–H and O–H groups in total. The number of ether oxygens (including phenoxy) is 1. The third-order valence-electron chi connectivity index (χ3n) is 4.39. The molecule has 128 valence electrons. The van der Waals surface area contributed by atoms with Crippen LogP contribution < -0.4 is 0 Å². The minimum atomic E-state index is -0.386. The van der Waals surface area contributed by atoms with Gasteiger partial charge in [0.1, 0.15) is 18.0 Å². The van der Waals surface area contributed by atoms with Crippen molar-refractivity contribution in [1.82, 2.24) is 19.7 Å². The number of hydrogen-bond donors (Lipinski definition) is 0. The summed E-state index contributed by atoms with van der Waals surface area (Å²) in [5, 5.41) is 8.15. The lowest BCUT2D eigenvalue weighted by atomic mass is 10.0. The number of likely N-dealkylation sites (tertiary alicyclic amines) is 1. The summed E-state index contributed by atoms with van der Waals surface area (Å²) in [5.74, 6) is 0.408. The average Bonchev–Trinajstić information content (AvgIpc) is 3.08. The van der Waals surface area contributed by atoms with Crippen molar-refractivity contribution >= 4 is 5.91 Å². The van der Waals surface area contributed by atoms with Crippen LogP contribution in [0.1, 0.15) is 35.1 Å². The van der Waals surface area contributed by atoms with Gasteiger partial charge in [-0.1, -0.05) is 6.07 Å². The quantitative estimate of drug-likeness (QED) is 0.841. The predicted octanol–water partition coefficient (Wildman–Crippen LogP) is 2.08. The van der Waals surface area contributed by atoms with Crippen LogP contribution in [0.25, 0.3) is 0 Å². The lowest BCUT2D eigenvalue weighted by molar-refractivity contribution is 0.0692. The van der Waals surface area contributed by atoms with E-state index in [1.54, 1.807) is 30.5 Å². The Morgan fingerprint density at radius 3 is 2.88 bits per heavy atom. The van der Waals surface area contributed by atoms with Gasteiger partial charge >= 0.3 is 0 Å². The van der Waals surface area contributed by atoms with Crippen LogP contribution in [0.4, 0.5) is 4.39 Å². The van der Waals surface area contributed by atoms with Crippen LogP contribution >= 0.6 is 0 Å². The molecule has 0 spiro atoms. The first-order valence-corrected chi connectivity index (χ1v) is 8.11. The molecule has 0 atom stereocenters. The minimum absolute atomic E-state index is 0.115. The number of amides is 1. The van der Waals surface area contributed by atoms with E-state index in [9.17, 15) is 9.18 Å². The Bertz CT molecular complexity index is 695. The van der Waals surface area contributed by atoms with E-state index in [0.717, 1.165) is 25.1 Å². The first kappa shape index (κ1) is 16.6. The van der Waals surface area contributed by atoms with Gasteiger partial charge in [0.2, 0.25) is 0 Å². The second kappa shape index (κ2) is 7.53. The molecule has 0 aliphatic carbocycles. The highest BCUT2D eigenvalue weighted by atomic mass is 19.1. The molecule has 0 bridgehead atoms. The molecule has 1 fully saturated rings. The number of methoxy groups -OCH3 is 1. The Hall–Kier alpha value is -2.28. The maximum Gasteiger partial charge on any atom is 0.253 e. The van der Waals surface area contributed by atoms with Gasteiger partial charge in [0.05, 0.1) is 6.61 Å². The monoisotopic (exact) mass is 332 g/mol. The molecule has 6 nitrogen and oxygen atoms in total. The van der Waals surface area contributed by atoms with E-state index in [2.05, 4.69) is 14.8 Å². The lowest BCUT2D eigenvalue weighted by Crippen LogP contribution is -2.39. The van der Waals surface area contributed by atoms with Gasteiger partial charge in [0, 0.05) is 38.2 Å². The summed E-state index contributed by atoms with van der Waals surface area (Å²) in [6, 6.07) is 6.13. The lowest BCUT2D eigenvalue weighted by Gasteiger charge is -2.33. The number of nitrogens with zero attached hydrogens (tertiary/aromatic N) is 4. The molecule has 1 aliphatic heterocycles. The Morgan fingerprint density at radius 2 is 2.17 bits per heavy atom. The van der Waals surface area contributed by atoms with Crippen molar-refractivity contribution in [2.45, 2.75) is 25.3 Å². The molecule has 2 heterocycles. The average molecular weight is 332 g/mol. The number of hydrogen-bond acceptors (Lipinski definition) is 4.